The van der Waals surface area contributed by atoms with Crippen molar-refractivity contribution in [3.63, 3.8) is 0 Å². The number of aliphatic carboxylic acids is 1. The quantitative estimate of drug-likeness (QED) is 0.767. The van der Waals surface area contributed by atoms with Crippen LogP contribution in [0.15, 0.2) is 10.6 Å². The zero-order valence-corrected chi connectivity index (χ0v) is 9.86. The molecule has 0 spiro atoms. The number of oxazole rings is 1. The molecule has 1 unspecified atom stereocenters. The Kier molecular flexibility index (Phi) is 4.49. The van der Waals surface area contributed by atoms with E-state index in [1.807, 2.05) is 20.8 Å². The Morgan fingerprint density at radius 2 is 2.31 bits per heavy atom. The second-order valence-electron chi connectivity index (χ2n) is 4.01. The van der Waals surface area contributed by atoms with Crippen molar-refractivity contribution in [1.29, 1.82) is 0 Å². The average Bonchev–Trinajstić information content (AvgIpc) is 2.65. The number of rotatable bonds is 6. The van der Waals surface area contributed by atoms with Crippen molar-refractivity contribution >= 4 is 5.97 Å². The van der Waals surface area contributed by atoms with Crippen LogP contribution in [-0.2, 0) is 17.8 Å². The van der Waals surface area contributed by atoms with Crippen molar-refractivity contribution in [1.82, 2.24) is 10.3 Å². The lowest BCUT2D eigenvalue weighted by Gasteiger charge is -2.16. The number of hydrogen-bond acceptors (Lipinski definition) is 4. The topological polar surface area (TPSA) is 75.4 Å². The van der Waals surface area contributed by atoms with Crippen LogP contribution >= 0.6 is 0 Å². The van der Waals surface area contributed by atoms with Crippen LogP contribution in [0, 0.1) is 5.92 Å². The first-order valence-corrected chi connectivity index (χ1v) is 5.44. The highest BCUT2D eigenvalue weighted by molar-refractivity contribution is 5.73. The van der Waals surface area contributed by atoms with Gasteiger partial charge in [0.1, 0.15) is 11.8 Å². The summed E-state index contributed by atoms with van der Waals surface area (Å²) >= 11 is 0. The van der Waals surface area contributed by atoms with Crippen molar-refractivity contribution in [2.24, 2.45) is 5.92 Å². The standard InChI is InChI=1S/C11H18N2O3/c1-4-8-5-12-9(16-8)6-13-10(7(2)3)11(14)15/h5,7,10,13H,4,6H2,1-3H3,(H,14,15). The van der Waals surface area contributed by atoms with Crippen LogP contribution in [0.3, 0.4) is 0 Å². The summed E-state index contributed by atoms with van der Waals surface area (Å²) in [5.74, 6) is 0.521. The van der Waals surface area contributed by atoms with Gasteiger partial charge < -0.3 is 9.52 Å². The molecule has 1 aromatic rings. The van der Waals surface area contributed by atoms with Crippen LogP contribution in [-0.4, -0.2) is 22.1 Å². The van der Waals surface area contributed by atoms with E-state index in [4.69, 9.17) is 9.52 Å². The van der Waals surface area contributed by atoms with E-state index < -0.39 is 12.0 Å². The lowest BCUT2D eigenvalue weighted by Crippen LogP contribution is -2.40. The summed E-state index contributed by atoms with van der Waals surface area (Å²) in [6.07, 6.45) is 2.46. The van der Waals surface area contributed by atoms with Crippen molar-refractivity contribution < 1.29 is 14.3 Å². The summed E-state index contributed by atoms with van der Waals surface area (Å²) in [6, 6.07) is -0.572. The molecule has 0 aromatic carbocycles. The summed E-state index contributed by atoms with van der Waals surface area (Å²) < 4.78 is 5.38. The SMILES string of the molecule is CCc1cnc(CNC(C(=O)O)C(C)C)o1. The molecule has 0 radical (unpaired) electrons. The van der Waals surface area contributed by atoms with Crippen molar-refractivity contribution in [2.75, 3.05) is 0 Å². The molecule has 0 saturated carbocycles. The molecule has 0 aliphatic heterocycles. The molecular weight excluding hydrogens is 208 g/mol. The Balaban J connectivity index is 2.52. The highest BCUT2D eigenvalue weighted by Gasteiger charge is 2.21. The van der Waals surface area contributed by atoms with Gasteiger partial charge in [-0.1, -0.05) is 20.8 Å². The summed E-state index contributed by atoms with van der Waals surface area (Å²) in [4.78, 5) is 15.0. The highest BCUT2D eigenvalue weighted by Crippen LogP contribution is 2.06. The lowest BCUT2D eigenvalue weighted by atomic mass is 10.1. The summed E-state index contributed by atoms with van der Waals surface area (Å²) in [5, 5.41) is 11.9. The van der Waals surface area contributed by atoms with Gasteiger partial charge >= 0.3 is 5.97 Å². The lowest BCUT2D eigenvalue weighted by molar-refractivity contribution is -0.140. The number of aryl methyl sites for hydroxylation is 1. The Hall–Kier alpha value is -1.36. The molecule has 5 nitrogen and oxygen atoms in total. The Bertz CT molecular complexity index is 347. The van der Waals surface area contributed by atoms with Crippen LogP contribution in [0.4, 0.5) is 0 Å². The Morgan fingerprint density at radius 1 is 1.62 bits per heavy atom. The highest BCUT2D eigenvalue weighted by atomic mass is 16.4. The number of carbonyl (C=O) groups is 1. The first-order chi connectivity index (χ1) is 7.54. The van der Waals surface area contributed by atoms with E-state index in [1.165, 1.54) is 0 Å². The van der Waals surface area contributed by atoms with Crippen LogP contribution in [0.1, 0.15) is 32.4 Å². The van der Waals surface area contributed by atoms with Crippen LogP contribution in [0.25, 0.3) is 0 Å². The molecule has 0 aliphatic rings. The first-order valence-electron chi connectivity index (χ1n) is 5.44. The second-order valence-corrected chi connectivity index (χ2v) is 4.01. The van der Waals surface area contributed by atoms with Crippen molar-refractivity contribution in [3.8, 4) is 0 Å². The number of aromatic nitrogens is 1. The molecule has 1 rings (SSSR count). The molecule has 0 fully saturated rings. The zero-order valence-electron chi connectivity index (χ0n) is 9.86. The number of nitrogens with zero attached hydrogens (tertiary/aromatic N) is 1. The minimum Gasteiger partial charge on any atom is -0.480 e. The van der Waals surface area contributed by atoms with E-state index >= 15 is 0 Å². The van der Waals surface area contributed by atoms with Crippen LogP contribution < -0.4 is 5.32 Å². The van der Waals surface area contributed by atoms with Gasteiger partial charge in [-0.15, -0.1) is 0 Å². The fraction of sp³-hybridized carbons (Fsp3) is 0.636. The Labute approximate surface area is 94.9 Å². The fourth-order valence-electron chi connectivity index (χ4n) is 1.40. The largest absolute Gasteiger partial charge is 0.480 e. The predicted molar refractivity (Wildman–Crippen MR) is 59.0 cm³/mol. The van der Waals surface area contributed by atoms with Gasteiger partial charge in [0.25, 0.3) is 0 Å². The normalized spacial score (nSPS) is 13.0. The smallest absolute Gasteiger partial charge is 0.320 e. The third-order valence-corrected chi connectivity index (χ3v) is 2.36. The van der Waals surface area contributed by atoms with Crippen LogP contribution in [0.2, 0.25) is 0 Å². The molecule has 2 N–H and O–H groups in total. The van der Waals surface area contributed by atoms with Crippen molar-refractivity contribution in [3.05, 3.63) is 17.8 Å². The molecule has 0 aliphatic carbocycles. The van der Waals surface area contributed by atoms with Crippen molar-refractivity contribution in [2.45, 2.75) is 39.8 Å². The number of nitrogens with one attached hydrogen (secondary N) is 1. The molecule has 1 atom stereocenters. The fourth-order valence-corrected chi connectivity index (χ4v) is 1.40. The number of hydrogen-bond donors (Lipinski definition) is 2. The van der Waals surface area contributed by atoms with Gasteiger partial charge in [0.05, 0.1) is 12.7 Å². The predicted octanol–water partition coefficient (Wildman–Crippen LogP) is 1.44. The van der Waals surface area contributed by atoms with Gasteiger partial charge in [-0.25, -0.2) is 4.98 Å². The van der Waals surface area contributed by atoms with E-state index in [2.05, 4.69) is 10.3 Å². The van der Waals surface area contributed by atoms with Gasteiger partial charge in [0.15, 0.2) is 0 Å². The number of carboxylic acid groups (broad SMARTS) is 1. The summed E-state index contributed by atoms with van der Waals surface area (Å²) in [5.41, 5.74) is 0. The average molecular weight is 226 g/mol. The minimum atomic E-state index is -0.850. The molecule has 90 valence electrons. The molecule has 16 heavy (non-hydrogen) atoms. The maximum atomic E-state index is 10.9. The molecule has 0 amide bonds. The van der Waals surface area contributed by atoms with E-state index in [0.717, 1.165) is 12.2 Å². The maximum absolute atomic E-state index is 10.9. The summed E-state index contributed by atoms with van der Waals surface area (Å²) in [6.45, 7) is 6.04. The van der Waals surface area contributed by atoms with Crippen LogP contribution in [0.5, 0.6) is 0 Å². The molecule has 5 heteroatoms. The van der Waals surface area contributed by atoms with E-state index in [0.29, 0.717) is 12.4 Å². The summed E-state index contributed by atoms with van der Waals surface area (Å²) in [7, 11) is 0. The maximum Gasteiger partial charge on any atom is 0.320 e. The van der Waals surface area contributed by atoms with Gasteiger partial charge in [0.2, 0.25) is 5.89 Å². The monoisotopic (exact) mass is 226 g/mol. The van der Waals surface area contributed by atoms with E-state index in [1.54, 1.807) is 6.20 Å². The van der Waals surface area contributed by atoms with Gasteiger partial charge in [-0.05, 0) is 5.92 Å². The minimum absolute atomic E-state index is 0.0260. The first kappa shape index (κ1) is 12.7. The molecule has 1 aromatic heterocycles. The number of carboxylic acids is 1. The molecule has 0 bridgehead atoms. The second kappa shape index (κ2) is 5.65. The Morgan fingerprint density at radius 3 is 2.75 bits per heavy atom. The van der Waals surface area contributed by atoms with Gasteiger partial charge in [-0.3, -0.25) is 10.1 Å². The zero-order chi connectivity index (χ0) is 12.1. The van der Waals surface area contributed by atoms with E-state index in [9.17, 15) is 4.79 Å². The molecule has 0 saturated heterocycles. The third-order valence-electron chi connectivity index (χ3n) is 2.36. The van der Waals surface area contributed by atoms with Gasteiger partial charge in [-0.2, -0.15) is 0 Å². The molecule has 1 heterocycles. The third kappa shape index (κ3) is 3.34. The molecular formula is C11H18N2O3. The van der Waals surface area contributed by atoms with E-state index in [-0.39, 0.29) is 5.92 Å². The van der Waals surface area contributed by atoms with Gasteiger partial charge in [0, 0.05) is 6.42 Å².